The molecule has 2 aliphatic rings. The van der Waals surface area contributed by atoms with E-state index in [1.54, 1.807) is 12.2 Å². The van der Waals surface area contributed by atoms with Crippen molar-refractivity contribution in [1.82, 2.24) is 10.2 Å². The second-order valence-corrected chi connectivity index (χ2v) is 8.72. The van der Waals surface area contributed by atoms with E-state index in [1.807, 2.05) is 49.4 Å². The number of thioether (sulfide) groups is 1. The second-order valence-electron chi connectivity index (χ2n) is 7.04. The largest absolute Gasteiger partial charge is 0.493 e. The number of para-hydroxylation sites is 1. The number of hydrogen-bond donors (Lipinski definition) is 1. The summed E-state index contributed by atoms with van der Waals surface area (Å²) in [6.45, 7) is 3.22. The zero-order valence-corrected chi connectivity index (χ0v) is 19.5. The maximum Gasteiger partial charge on any atom is 0.266 e. The van der Waals surface area contributed by atoms with Gasteiger partial charge in [-0.15, -0.1) is 0 Å². The number of rotatable bonds is 8. The first-order valence-corrected chi connectivity index (χ1v) is 11.6. The summed E-state index contributed by atoms with van der Waals surface area (Å²) in [5.74, 6) is 1.61. The summed E-state index contributed by atoms with van der Waals surface area (Å²) in [4.78, 5) is 27.0. The standard InChI is InChI=1S/C24H22N2O5S2/c1-2-29-18-6-4-3-5-17(18)8-10-22(27)25-11-12-26-23(28)21(33-24(26)32)14-16-7-9-19-20(13-16)31-15-30-19/h3-10,13-14H,2,11-12,15H2,1H3,(H,25,27)/b10-8+,21-14+. The number of fused-ring (bicyclic) bond motifs is 1. The van der Waals surface area contributed by atoms with E-state index >= 15 is 0 Å². The van der Waals surface area contributed by atoms with Crippen molar-refractivity contribution in [2.45, 2.75) is 6.92 Å². The van der Waals surface area contributed by atoms with Gasteiger partial charge in [0.1, 0.15) is 10.1 Å². The van der Waals surface area contributed by atoms with Crippen molar-refractivity contribution in [2.75, 3.05) is 26.5 Å². The van der Waals surface area contributed by atoms with Crippen LogP contribution >= 0.6 is 24.0 Å². The van der Waals surface area contributed by atoms with Crippen LogP contribution in [0.15, 0.2) is 53.4 Å². The minimum Gasteiger partial charge on any atom is -0.493 e. The van der Waals surface area contributed by atoms with Crippen molar-refractivity contribution < 1.29 is 23.8 Å². The van der Waals surface area contributed by atoms with Gasteiger partial charge >= 0.3 is 0 Å². The monoisotopic (exact) mass is 482 g/mol. The molecule has 2 amide bonds. The molecule has 7 nitrogen and oxygen atoms in total. The van der Waals surface area contributed by atoms with E-state index in [0.717, 1.165) is 16.9 Å². The molecule has 2 heterocycles. The molecule has 1 fully saturated rings. The average molecular weight is 483 g/mol. The van der Waals surface area contributed by atoms with Crippen LogP contribution in [-0.2, 0) is 9.59 Å². The highest BCUT2D eigenvalue weighted by Gasteiger charge is 2.31. The van der Waals surface area contributed by atoms with Gasteiger partial charge in [0.2, 0.25) is 12.7 Å². The number of hydrogen-bond acceptors (Lipinski definition) is 7. The molecular weight excluding hydrogens is 460 g/mol. The predicted molar refractivity (Wildman–Crippen MR) is 132 cm³/mol. The molecule has 4 rings (SSSR count). The number of amides is 2. The number of ether oxygens (including phenoxy) is 3. The van der Waals surface area contributed by atoms with E-state index in [9.17, 15) is 9.59 Å². The molecular formula is C24H22N2O5S2. The number of carbonyl (C=O) groups is 2. The van der Waals surface area contributed by atoms with E-state index in [1.165, 1.54) is 22.7 Å². The molecule has 2 aromatic rings. The van der Waals surface area contributed by atoms with Gasteiger partial charge < -0.3 is 19.5 Å². The van der Waals surface area contributed by atoms with Gasteiger partial charge in [-0.1, -0.05) is 48.2 Å². The van der Waals surface area contributed by atoms with Gasteiger partial charge in [0.25, 0.3) is 5.91 Å². The van der Waals surface area contributed by atoms with E-state index in [2.05, 4.69) is 5.32 Å². The molecule has 1 saturated heterocycles. The Hall–Kier alpha value is -3.30. The number of carbonyl (C=O) groups excluding carboxylic acids is 2. The molecule has 0 atom stereocenters. The van der Waals surface area contributed by atoms with Crippen molar-refractivity contribution in [3.8, 4) is 17.2 Å². The molecule has 0 radical (unpaired) electrons. The Bertz CT molecular complexity index is 1150. The lowest BCUT2D eigenvalue weighted by Crippen LogP contribution is -2.36. The van der Waals surface area contributed by atoms with Crippen molar-refractivity contribution >= 4 is 52.3 Å². The van der Waals surface area contributed by atoms with Crippen LogP contribution in [-0.4, -0.2) is 47.5 Å². The summed E-state index contributed by atoms with van der Waals surface area (Å²) in [7, 11) is 0. The number of benzene rings is 2. The molecule has 33 heavy (non-hydrogen) atoms. The number of nitrogens with one attached hydrogen (secondary N) is 1. The van der Waals surface area contributed by atoms with E-state index < -0.39 is 0 Å². The highest BCUT2D eigenvalue weighted by Crippen LogP contribution is 2.36. The molecule has 0 aliphatic carbocycles. The van der Waals surface area contributed by atoms with Crippen molar-refractivity contribution in [3.05, 3.63) is 64.6 Å². The zero-order valence-electron chi connectivity index (χ0n) is 17.9. The Morgan fingerprint density at radius 2 is 2.06 bits per heavy atom. The van der Waals surface area contributed by atoms with Crippen molar-refractivity contribution in [2.24, 2.45) is 0 Å². The van der Waals surface area contributed by atoms with Crippen LogP contribution in [0.4, 0.5) is 0 Å². The molecule has 2 aliphatic heterocycles. The molecule has 0 saturated carbocycles. The molecule has 0 aromatic heterocycles. The fraction of sp³-hybridized carbons (Fsp3) is 0.208. The molecule has 1 N–H and O–H groups in total. The van der Waals surface area contributed by atoms with E-state index in [-0.39, 0.29) is 31.7 Å². The molecule has 170 valence electrons. The smallest absolute Gasteiger partial charge is 0.266 e. The molecule has 0 spiro atoms. The Balaban J connectivity index is 1.31. The molecule has 2 aromatic carbocycles. The summed E-state index contributed by atoms with van der Waals surface area (Å²) < 4.78 is 16.7. The highest BCUT2D eigenvalue weighted by atomic mass is 32.2. The maximum absolute atomic E-state index is 12.8. The molecule has 0 unspecified atom stereocenters. The molecule has 0 bridgehead atoms. The Kier molecular flexibility index (Phi) is 7.31. The normalized spacial score (nSPS) is 16.2. The Labute approximate surface area is 201 Å². The minimum atomic E-state index is -0.261. The number of nitrogens with zero attached hydrogens (tertiary/aromatic N) is 1. The lowest BCUT2D eigenvalue weighted by Gasteiger charge is -2.14. The SMILES string of the molecule is CCOc1ccccc1/C=C/C(=O)NCCN1C(=O)/C(=C\c2ccc3c(c2)OCO3)SC1=S. The van der Waals surface area contributed by atoms with E-state index in [4.69, 9.17) is 26.4 Å². The third-order valence-corrected chi connectivity index (χ3v) is 6.21. The van der Waals surface area contributed by atoms with Crippen molar-refractivity contribution in [1.29, 1.82) is 0 Å². The van der Waals surface area contributed by atoms with Crippen molar-refractivity contribution in [3.63, 3.8) is 0 Å². The summed E-state index contributed by atoms with van der Waals surface area (Å²) in [5, 5.41) is 2.79. The summed E-state index contributed by atoms with van der Waals surface area (Å²) in [6.07, 6.45) is 4.92. The van der Waals surface area contributed by atoms with Gasteiger partial charge in [0.05, 0.1) is 11.5 Å². The van der Waals surface area contributed by atoms with Gasteiger partial charge in [0.15, 0.2) is 11.5 Å². The summed E-state index contributed by atoms with van der Waals surface area (Å²) >= 11 is 6.60. The Morgan fingerprint density at radius 1 is 1.24 bits per heavy atom. The third kappa shape index (κ3) is 5.55. The van der Waals surface area contributed by atoms with Crippen LogP contribution < -0.4 is 19.5 Å². The minimum absolute atomic E-state index is 0.182. The first kappa shape index (κ1) is 22.9. The summed E-state index contributed by atoms with van der Waals surface area (Å²) in [6, 6.07) is 13.0. The predicted octanol–water partition coefficient (Wildman–Crippen LogP) is 3.84. The topological polar surface area (TPSA) is 77.1 Å². The van der Waals surface area contributed by atoms with Crippen LogP contribution in [0.5, 0.6) is 17.2 Å². The maximum atomic E-state index is 12.8. The van der Waals surface area contributed by atoms with Gasteiger partial charge in [0, 0.05) is 24.7 Å². The quantitative estimate of drug-likeness (QED) is 0.452. The summed E-state index contributed by atoms with van der Waals surface area (Å²) in [5.41, 5.74) is 1.64. The first-order valence-electron chi connectivity index (χ1n) is 10.4. The second kappa shape index (κ2) is 10.5. The third-order valence-electron chi connectivity index (χ3n) is 4.84. The van der Waals surface area contributed by atoms with Gasteiger partial charge in [-0.25, -0.2) is 0 Å². The Morgan fingerprint density at radius 3 is 2.91 bits per heavy atom. The van der Waals surface area contributed by atoms with E-state index in [0.29, 0.717) is 27.3 Å². The van der Waals surface area contributed by atoms with Crippen LogP contribution in [0.2, 0.25) is 0 Å². The van der Waals surface area contributed by atoms with Gasteiger partial charge in [-0.05, 0) is 42.8 Å². The van der Waals surface area contributed by atoms with Crippen LogP contribution in [0.3, 0.4) is 0 Å². The van der Waals surface area contributed by atoms with Gasteiger partial charge in [-0.3, -0.25) is 14.5 Å². The van der Waals surface area contributed by atoms with Crippen LogP contribution in [0.25, 0.3) is 12.2 Å². The lowest BCUT2D eigenvalue weighted by molar-refractivity contribution is -0.122. The molecule has 9 heteroatoms. The van der Waals surface area contributed by atoms with Gasteiger partial charge in [-0.2, -0.15) is 0 Å². The highest BCUT2D eigenvalue weighted by molar-refractivity contribution is 8.26. The van der Waals surface area contributed by atoms with Crippen LogP contribution in [0.1, 0.15) is 18.1 Å². The fourth-order valence-electron chi connectivity index (χ4n) is 3.27. The lowest BCUT2D eigenvalue weighted by atomic mass is 10.2. The zero-order chi connectivity index (χ0) is 23.2. The number of thiocarbonyl (C=S) groups is 1. The average Bonchev–Trinajstić information content (AvgIpc) is 3.38. The first-order chi connectivity index (χ1) is 16.0. The van der Waals surface area contributed by atoms with Crippen LogP contribution in [0, 0.1) is 0 Å². The fourth-order valence-corrected chi connectivity index (χ4v) is 4.58.